The molecule has 0 aliphatic carbocycles. The molecular weight excluding hydrogens is 452 g/mol. The predicted octanol–water partition coefficient (Wildman–Crippen LogP) is 3.44. The molecule has 7 nitrogen and oxygen atoms in total. The van der Waals surface area contributed by atoms with Crippen molar-refractivity contribution in [2.45, 2.75) is 27.2 Å². The number of rotatable bonds is 9. The van der Waals surface area contributed by atoms with Crippen molar-refractivity contribution < 1.29 is 23.9 Å². The van der Waals surface area contributed by atoms with Crippen LogP contribution in [-0.2, 0) is 19.1 Å². The van der Waals surface area contributed by atoms with Crippen molar-refractivity contribution in [1.29, 1.82) is 0 Å². The Labute approximate surface area is 184 Å². The number of carbonyl (C=O) groups is 3. The van der Waals surface area contributed by atoms with Gasteiger partial charge in [0.25, 0.3) is 5.91 Å². The molecule has 0 unspecified atom stereocenters. The lowest BCUT2D eigenvalue weighted by molar-refractivity contribution is -0.149. The molecule has 30 heavy (non-hydrogen) atoms. The zero-order valence-electron chi connectivity index (χ0n) is 17.2. The number of anilines is 1. The summed E-state index contributed by atoms with van der Waals surface area (Å²) in [6.07, 6.45) is 0.0178. The number of hydrogen-bond donors (Lipinski definition) is 2. The van der Waals surface area contributed by atoms with Crippen molar-refractivity contribution in [2.24, 2.45) is 0 Å². The maximum Gasteiger partial charge on any atom is 0.309 e. The van der Waals surface area contributed by atoms with Crippen molar-refractivity contribution in [2.75, 3.05) is 25.1 Å². The van der Waals surface area contributed by atoms with E-state index >= 15 is 0 Å². The summed E-state index contributed by atoms with van der Waals surface area (Å²) in [5.41, 5.74) is 3.59. The van der Waals surface area contributed by atoms with Crippen molar-refractivity contribution in [1.82, 2.24) is 5.32 Å². The van der Waals surface area contributed by atoms with Crippen molar-refractivity contribution in [3.05, 3.63) is 57.6 Å². The van der Waals surface area contributed by atoms with E-state index in [-0.39, 0.29) is 25.5 Å². The van der Waals surface area contributed by atoms with Crippen LogP contribution < -0.4 is 15.4 Å². The topological polar surface area (TPSA) is 93.7 Å². The second kappa shape index (κ2) is 11.3. The molecule has 0 aliphatic rings. The summed E-state index contributed by atoms with van der Waals surface area (Å²) >= 11 is 3.36. The first-order valence-electron chi connectivity index (χ1n) is 9.43. The molecule has 2 amide bonds. The van der Waals surface area contributed by atoms with Crippen LogP contribution in [0.4, 0.5) is 5.69 Å². The van der Waals surface area contributed by atoms with Crippen molar-refractivity contribution in [3.63, 3.8) is 0 Å². The van der Waals surface area contributed by atoms with Gasteiger partial charge in [-0.1, -0.05) is 28.1 Å². The third-order valence-electron chi connectivity index (χ3n) is 4.18. The molecule has 0 heterocycles. The fourth-order valence-corrected chi connectivity index (χ4v) is 2.99. The summed E-state index contributed by atoms with van der Waals surface area (Å²) in [5, 5.41) is 5.13. The van der Waals surface area contributed by atoms with Gasteiger partial charge in [-0.25, -0.2) is 0 Å². The summed E-state index contributed by atoms with van der Waals surface area (Å²) in [5.74, 6) is -0.763. The highest BCUT2D eigenvalue weighted by molar-refractivity contribution is 9.10. The molecule has 0 atom stereocenters. The number of ether oxygens (including phenoxy) is 2. The van der Waals surface area contributed by atoms with Crippen LogP contribution in [0.2, 0.25) is 0 Å². The summed E-state index contributed by atoms with van der Waals surface area (Å²) in [6, 6.07) is 11.3. The standard InChI is InChI=1S/C22H25BrN2O5/c1-14-4-5-15(2)19(10-14)29-9-8-22(28)30-13-21(27)24-12-20(26)25-18-7-6-17(23)11-16(18)3/h4-7,10-11H,8-9,12-13H2,1-3H3,(H,24,27)(H,25,26). The van der Waals surface area contributed by atoms with E-state index in [1.165, 1.54) is 0 Å². The van der Waals surface area contributed by atoms with Gasteiger partial charge in [0.2, 0.25) is 5.91 Å². The zero-order chi connectivity index (χ0) is 22.1. The molecule has 0 radical (unpaired) electrons. The molecule has 0 aliphatic heterocycles. The maximum absolute atomic E-state index is 12.0. The first-order valence-corrected chi connectivity index (χ1v) is 10.2. The van der Waals surface area contributed by atoms with Crippen LogP contribution >= 0.6 is 15.9 Å². The first kappa shape index (κ1) is 23.4. The fraction of sp³-hybridized carbons (Fsp3) is 0.318. The van der Waals surface area contributed by atoms with Crippen LogP contribution in [0.15, 0.2) is 40.9 Å². The lowest BCUT2D eigenvalue weighted by Crippen LogP contribution is -2.35. The van der Waals surface area contributed by atoms with Gasteiger partial charge in [0, 0.05) is 10.2 Å². The summed E-state index contributed by atoms with van der Waals surface area (Å²) in [6.45, 7) is 5.22. The van der Waals surface area contributed by atoms with Crippen LogP contribution in [0.1, 0.15) is 23.1 Å². The van der Waals surface area contributed by atoms with Gasteiger partial charge < -0.3 is 20.1 Å². The van der Waals surface area contributed by atoms with Gasteiger partial charge in [0.1, 0.15) is 5.75 Å². The van der Waals surface area contributed by atoms with Crippen molar-refractivity contribution in [3.8, 4) is 5.75 Å². The lowest BCUT2D eigenvalue weighted by Gasteiger charge is -2.11. The minimum absolute atomic E-state index is 0.0178. The molecule has 0 aromatic heterocycles. The maximum atomic E-state index is 12.0. The smallest absolute Gasteiger partial charge is 0.309 e. The van der Waals surface area contributed by atoms with Gasteiger partial charge >= 0.3 is 5.97 Å². The van der Waals surface area contributed by atoms with E-state index in [9.17, 15) is 14.4 Å². The number of halogens is 1. The van der Waals surface area contributed by atoms with Gasteiger partial charge in [-0.2, -0.15) is 0 Å². The summed E-state index contributed by atoms with van der Waals surface area (Å²) in [4.78, 5) is 35.5. The van der Waals surface area contributed by atoms with Gasteiger partial charge in [-0.3, -0.25) is 14.4 Å². The Bertz CT molecular complexity index is 930. The fourth-order valence-electron chi connectivity index (χ4n) is 2.52. The molecule has 0 saturated carbocycles. The number of benzene rings is 2. The minimum atomic E-state index is -0.554. The second-order valence-electron chi connectivity index (χ2n) is 6.81. The highest BCUT2D eigenvalue weighted by Gasteiger charge is 2.11. The molecule has 0 fully saturated rings. The SMILES string of the molecule is Cc1ccc(C)c(OCCC(=O)OCC(=O)NCC(=O)Nc2ccc(Br)cc2C)c1. The second-order valence-corrected chi connectivity index (χ2v) is 7.73. The number of nitrogens with one attached hydrogen (secondary N) is 2. The molecular formula is C22H25BrN2O5. The van der Waals surface area contributed by atoms with Crippen LogP contribution in [0.3, 0.4) is 0 Å². The zero-order valence-corrected chi connectivity index (χ0v) is 18.8. The van der Waals surface area contributed by atoms with E-state index in [0.29, 0.717) is 11.4 Å². The number of carbonyl (C=O) groups excluding carboxylic acids is 3. The van der Waals surface area contributed by atoms with Gasteiger partial charge in [0.05, 0.1) is 19.6 Å². The van der Waals surface area contributed by atoms with E-state index in [2.05, 4.69) is 26.6 Å². The first-order chi connectivity index (χ1) is 14.2. The number of esters is 1. The lowest BCUT2D eigenvalue weighted by atomic mass is 10.1. The molecule has 2 N–H and O–H groups in total. The monoisotopic (exact) mass is 476 g/mol. The quantitative estimate of drug-likeness (QED) is 0.540. The average molecular weight is 477 g/mol. The average Bonchev–Trinajstić information content (AvgIpc) is 2.69. The summed E-state index contributed by atoms with van der Waals surface area (Å²) < 4.78 is 11.4. The minimum Gasteiger partial charge on any atom is -0.493 e. The normalized spacial score (nSPS) is 10.3. The van der Waals surface area contributed by atoms with Crippen LogP contribution in [0.5, 0.6) is 5.75 Å². The Kier molecular flexibility index (Phi) is 8.86. The largest absolute Gasteiger partial charge is 0.493 e. The van der Waals surface area contributed by atoms with Gasteiger partial charge in [-0.15, -0.1) is 0 Å². The molecule has 8 heteroatoms. The Hall–Kier alpha value is -2.87. The number of amides is 2. The molecule has 0 spiro atoms. The van der Waals surface area contributed by atoms with E-state index in [0.717, 1.165) is 21.2 Å². The van der Waals surface area contributed by atoms with Crippen LogP contribution in [0, 0.1) is 20.8 Å². The number of hydrogen-bond acceptors (Lipinski definition) is 5. The van der Waals surface area contributed by atoms with Crippen LogP contribution in [0.25, 0.3) is 0 Å². The molecule has 2 aromatic carbocycles. The van der Waals surface area contributed by atoms with E-state index < -0.39 is 18.5 Å². The highest BCUT2D eigenvalue weighted by Crippen LogP contribution is 2.20. The van der Waals surface area contributed by atoms with Crippen molar-refractivity contribution >= 4 is 39.4 Å². The highest BCUT2D eigenvalue weighted by atomic mass is 79.9. The Morgan fingerprint density at radius 2 is 1.73 bits per heavy atom. The van der Waals surface area contributed by atoms with E-state index in [1.807, 2.05) is 51.1 Å². The Morgan fingerprint density at radius 3 is 2.47 bits per heavy atom. The predicted molar refractivity (Wildman–Crippen MR) is 118 cm³/mol. The molecule has 0 saturated heterocycles. The van der Waals surface area contributed by atoms with E-state index in [1.54, 1.807) is 6.07 Å². The molecule has 2 aromatic rings. The van der Waals surface area contributed by atoms with Gasteiger partial charge in [-0.05, 0) is 61.7 Å². The van der Waals surface area contributed by atoms with Gasteiger partial charge in [0.15, 0.2) is 6.61 Å². The van der Waals surface area contributed by atoms with Crippen LogP contribution in [-0.4, -0.2) is 37.5 Å². The molecule has 160 valence electrons. The third-order valence-corrected chi connectivity index (χ3v) is 4.67. The molecule has 2 rings (SSSR count). The Balaban J connectivity index is 1.64. The summed E-state index contributed by atoms with van der Waals surface area (Å²) in [7, 11) is 0. The molecule has 0 bridgehead atoms. The Morgan fingerprint density at radius 1 is 0.967 bits per heavy atom. The van der Waals surface area contributed by atoms with E-state index in [4.69, 9.17) is 9.47 Å². The third kappa shape index (κ3) is 7.87. The number of aryl methyl sites for hydroxylation is 3.